The highest BCUT2D eigenvalue weighted by molar-refractivity contribution is 5.67. The van der Waals surface area contributed by atoms with Crippen LogP contribution in [0.4, 0.5) is 5.95 Å². The third-order valence-corrected chi connectivity index (χ3v) is 4.54. The molecule has 3 aromatic rings. The third kappa shape index (κ3) is 2.96. The molecule has 142 valence electrons. The minimum Gasteiger partial charge on any atom is -0.394 e. The molecular formula is C16H19N6O5+. The van der Waals surface area contributed by atoms with Crippen molar-refractivity contribution in [1.29, 1.82) is 0 Å². The molecule has 11 heteroatoms. The van der Waals surface area contributed by atoms with Crippen LogP contribution in [0.5, 0.6) is 0 Å². The van der Waals surface area contributed by atoms with Gasteiger partial charge in [-0.15, -0.1) is 0 Å². The van der Waals surface area contributed by atoms with Gasteiger partial charge in [-0.1, -0.05) is 11.1 Å². The van der Waals surface area contributed by atoms with Gasteiger partial charge < -0.3 is 25.8 Å². The lowest BCUT2D eigenvalue weighted by molar-refractivity contribution is -0.746. The predicted molar refractivity (Wildman–Crippen MR) is 91.3 cm³/mol. The Hall–Kier alpha value is -2.86. The van der Waals surface area contributed by atoms with Crippen molar-refractivity contribution in [3.63, 3.8) is 0 Å². The van der Waals surface area contributed by atoms with Crippen LogP contribution in [0.3, 0.4) is 0 Å². The van der Waals surface area contributed by atoms with E-state index in [1.807, 2.05) is 12.1 Å². The Bertz CT molecular complexity index is 1020. The molecule has 11 nitrogen and oxygen atoms in total. The molecule has 4 heterocycles. The van der Waals surface area contributed by atoms with Crippen LogP contribution in [0.15, 0.2) is 35.5 Å². The molecule has 1 aliphatic heterocycles. The van der Waals surface area contributed by atoms with Crippen LogP contribution in [-0.2, 0) is 11.3 Å². The monoisotopic (exact) mass is 375 g/mol. The zero-order chi connectivity index (χ0) is 19.1. The van der Waals surface area contributed by atoms with Crippen molar-refractivity contribution in [2.24, 2.45) is 0 Å². The largest absolute Gasteiger partial charge is 0.394 e. The maximum absolute atomic E-state index is 12.5. The van der Waals surface area contributed by atoms with Crippen molar-refractivity contribution in [3.05, 3.63) is 46.8 Å². The first-order chi connectivity index (χ1) is 13.0. The summed E-state index contributed by atoms with van der Waals surface area (Å²) in [6.45, 7) is -0.189. The van der Waals surface area contributed by atoms with E-state index in [1.165, 1.54) is 4.57 Å². The number of ether oxygens (including phenoxy) is 1. The molecule has 27 heavy (non-hydrogen) atoms. The van der Waals surface area contributed by atoms with Crippen LogP contribution in [-0.4, -0.2) is 59.8 Å². The maximum atomic E-state index is 12.5. The van der Waals surface area contributed by atoms with Gasteiger partial charge in [0, 0.05) is 6.20 Å². The first-order valence-corrected chi connectivity index (χ1v) is 8.31. The smallest absolute Gasteiger partial charge is 0.313 e. The molecule has 0 aliphatic carbocycles. The summed E-state index contributed by atoms with van der Waals surface area (Å²) in [4.78, 5) is 23.3. The third-order valence-electron chi connectivity index (χ3n) is 4.54. The number of hydrogen-bond donors (Lipinski definition) is 5. The number of aliphatic hydroxyl groups excluding tert-OH is 3. The van der Waals surface area contributed by atoms with E-state index in [-0.39, 0.29) is 23.7 Å². The highest BCUT2D eigenvalue weighted by atomic mass is 16.6. The van der Waals surface area contributed by atoms with Gasteiger partial charge in [-0.2, -0.15) is 0 Å². The molecule has 0 spiro atoms. The van der Waals surface area contributed by atoms with Crippen LogP contribution in [0.1, 0.15) is 11.9 Å². The van der Waals surface area contributed by atoms with Gasteiger partial charge in [0.1, 0.15) is 24.9 Å². The molecule has 0 amide bonds. The number of H-pyrrole nitrogens is 1. The highest BCUT2D eigenvalue weighted by Gasteiger charge is 2.46. The van der Waals surface area contributed by atoms with Crippen molar-refractivity contribution < 1.29 is 24.6 Å². The van der Waals surface area contributed by atoms with Gasteiger partial charge >= 0.3 is 5.65 Å². The number of nitrogens with zero attached hydrogens (tertiary/aromatic N) is 4. The molecular weight excluding hydrogens is 356 g/mol. The van der Waals surface area contributed by atoms with E-state index in [0.29, 0.717) is 5.69 Å². The lowest BCUT2D eigenvalue weighted by Crippen LogP contribution is -2.46. The average Bonchev–Trinajstić information content (AvgIpc) is 3.14. The quantitative estimate of drug-likeness (QED) is 0.316. The Morgan fingerprint density at radius 3 is 2.81 bits per heavy atom. The fourth-order valence-electron chi connectivity index (χ4n) is 3.26. The van der Waals surface area contributed by atoms with Crippen LogP contribution in [0, 0.1) is 0 Å². The van der Waals surface area contributed by atoms with Crippen LogP contribution in [0.25, 0.3) is 11.2 Å². The minimum absolute atomic E-state index is 0.0939. The van der Waals surface area contributed by atoms with Crippen LogP contribution >= 0.6 is 0 Å². The molecule has 3 aromatic heterocycles. The van der Waals surface area contributed by atoms with E-state index < -0.39 is 36.7 Å². The van der Waals surface area contributed by atoms with Gasteiger partial charge in [0.15, 0.2) is 6.33 Å². The fraction of sp³-hybridized carbons (Fsp3) is 0.375. The second-order valence-electron chi connectivity index (χ2n) is 6.32. The molecule has 4 rings (SSSR count). The molecule has 0 aromatic carbocycles. The minimum atomic E-state index is -1.32. The number of anilines is 1. The SMILES string of the molecule is Nc1nc2c(c(=O)[nH]1)n(Cc1ccccn1)c[n+]2[C@@H]1O[C@H](CO)[C@@H](O)[C@H]1O. The van der Waals surface area contributed by atoms with Gasteiger partial charge in [0.2, 0.25) is 11.7 Å². The highest BCUT2D eigenvalue weighted by Crippen LogP contribution is 2.26. The fourth-order valence-corrected chi connectivity index (χ4v) is 3.26. The summed E-state index contributed by atoms with van der Waals surface area (Å²) in [7, 11) is 0. The van der Waals surface area contributed by atoms with Crippen LogP contribution in [0.2, 0.25) is 0 Å². The van der Waals surface area contributed by atoms with Crippen molar-refractivity contribution >= 4 is 17.1 Å². The number of nitrogens with two attached hydrogens (primary N) is 1. The standard InChI is InChI=1S/C16H18N6O5/c17-16-19-13-10(14(26)20-16)21(5-8-3-1-2-4-18-8)7-22(13)15-12(25)11(24)9(6-23)27-15/h1-4,7,9,11-12,15,23-25H,5-6H2,(H2-,17,19,20,26)/p+1/t9-,11-,12-,15-/m1/s1. The van der Waals surface area contributed by atoms with Crippen molar-refractivity contribution in [1.82, 2.24) is 19.5 Å². The van der Waals surface area contributed by atoms with Crippen LogP contribution < -0.4 is 15.9 Å². The van der Waals surface area contributed by atoms with Crippen molar-refractivity contribution in [2.75, 3.05) is 12.3 Å². The number of aromatic nitrogens is 5. The van der Waals surface area contributed by atoms with E-state index in [9.17, 15) is 20.1 Å². The predicted octanol–water partition coefficient (Wildman–Crippen LogP) is -2.35. The second-order valence-corrected chi connectivity index (χ2v) is 6.32. The summed E-state index contributed by atoms with van der Waals surface area (Å²) in [5.41, 5.74) is 6.32. The second kappa shape index (κ2) is 6.70. The van der Waals surface area contributed by atoms with Crippen molar-refractivity contribution in [3.8, 4) is 0 Å². The summed E-state index contributed by atoms with van der Waals surface area (Å²) in [5.74, 6) is -0.0939. The Balaban J connectivity index is 1.85. The number of nitrogen functional groups attached to an aromatic ring is 1. The summed E-state index contributed by atoms with van der Waals surface area (Å²) < 4.78 is 8.60. The Labute approximate surface area is 152 Å². The van der Waals surface area contributed by atoms with E-state index in [4.69, 9.17) is 10.5 Å². The van der Waals surface area contributed by atoms with E-state index in [0.717, 1.165) is 0 Å². The molecule has 1 fully saturated rings. The van der Waals surface area contributed by atoms with E-state index >= 15 is 0 Å². The molecule has 0 saturated carbocycles. The zero-order valence-corrected chi connectivity index (χ0v) is 14.1. The first-order valence-electron chi connectivity index (χ1n) is 8.31. The summed E-state index contributed by atoms with van der Waals surface area (Å²) >= 11 is 0. The number of pyridine rings is 1. The molecule has 0 unspecified atom stereocenters. The molecule has 4 atom stereocenters. The number of rotatable bonds is 4. The van der Waals surface area contributed by atoms with Gasteiger partial charge in [-0.25, -0.2) is 9.13 Å². The molecule has 0 bridgehead atoms. The topological polar surface area (TPSA) is 163 Å². The normalized spacial score (nSPS) is 25.3. The maximum Gasteiger partial charge on any atom is 0.313 e. The molecule has 1 aliphatic rings. The van der Waals surface area contributed by atoms with E-state index in [1.54, 1.807) is 23.2 Å². The van der Waals surface area contributed by atoms with Gasteiger partial charge in [-0.3, -0.25) is 14.8 Å². The summed E-state index contributed by atoms with van der Waals surface area (Å²) in [6.07, 6.45) is -1.41. The average molecular weight is 375 g/mol. The lowest BCUT2D eigenvalue weighted by Gasteiger charge is -2.12. The Kier molecular flexibility index (Phi) is 4.36. The van der Waals surface area contributed by atoms with Gasteiger partial charge in [0.25, 0.3) is 11.5 Å². The number of aromatic amines is 1. The number of fused-ring (bicyclic) bond motifs is 1. The molecule has 1 saturated heterocycles. The van der Waals surface area contributed by atoms with Crippen molar-refractivity contribution in [2.45, 2.75) is 31.1 Å². The number of imidazole rings is 1. The first kappa shape index (κ1) is 17.5. The Morgan fingerprint density at radius 2 is 2.15 bits per heavy atom. The summed E-state index contributed by atoms with van der Waals surface area (Å²) in [5, 5.41) is 29.7. The zero-order valence-electron chi connectivity index (χ0n) is 14.1. The number of aliphatic hydroxyl groups is 3. The molecule has 6 N–H and O–H groups in total. The summed E-state index contributed by atoms with van der Waals surface area (Å²) in [6, 6.07) is 5.42. The van der Waals surface area contributed by atoms with E-state index in [2.05, 4.69) is 15.0 Å². The van der Waals surface area contributed by atoms with Gasteiger partial charge in [-0.05, 0) is 12.1 Å². The molecule has 0 radical (unpaired) electrons. The lowest BCUT2D eigenvalue weighted by atomic mass is 10.1. The Morgan fingerprint density at radius 1 is 1.33 bits per heavy atom. The van der Waals surface area contributed by atoms with Gasteiger partial charge in [0.05, 0.1) is 12.3 Å². The number of nitrogens with one attached hydrogen (secondary N) is 1. The number of hydrogen-bond acceptors (Lipinski definition) is 8.